The Bertz CT molecular complexity index is 517. The molecule has 2 heteroatoms. The summed E-state index contributed by atoms with van der Waals surface area (Å²) in [5.74, 6) is 0. The van der Waals surface area contributed by atoms with E-state index >= 15 is 0 Å². The molecule has 0 aliphatic heterocycles. The smallest absolute Gasteiger partial charge is 0.0483 e. The maximum Gasteiger partial charge on any atom is 0.0483 e. The number of fused-ring (bicyclic) bond motifs is 1. The lowest BCUT2D eigenvalue weighted by molar-refractivity contribution is 0.353. The molecular weight excluding hydrogens is 220 g/mol. The van der Waals surface area contributed by atoms with Gasteiger partial charge < -0.3 is 10.3 Å². The van der Waals surface area contributed by atoms with Crippen LogP contribution in [0.4, 0.5) is 0 Å². The number of nitrogens with two attached hydrogens (primary N) is 1. The molecule has 0 saturated carbocycles. The molecule has 0 atom stereocenters. The molecule has 2 N–H and O–H groups in total. The van der Waals surface area contributed by atoms with Gasteiger partial charge >= 0.3 is 0 Å². The lowest BCUT2D eigenvalue weighted by Gasteiger charge is -2.18. The zero-order chi connectivity index (χ0) is 13.2. The average molecular weight is 244 g/mol. The summed E-state index contributed by atoms with van der Waals surface area (Å²) in [6.07, 6.45) is 4.35. The lowest BCUT2D eigenvalue weighted by atomic mass is 9.92. The fourth-order valence-corrected chi connectivity index (χ4v) is 2.20. The Kier molecular flexibility index (Phi) is 3.76. The topological polar surface area (TPSA) is 30.9 Å². The van der Waals surface area contributed by atoms with E-state index in [2.05, 4.69) is 55.8 Å². The molecule has 0 spiro atoms. The standard InChI is InChI=1S/C16H24N2/c1-16(2,3)8-11-18-10-7-14-5-4-13(6-9-17)12-15(14)18/h4-5,7,10,12H,6,8-9,11,17H2,1-3H3. The Hall–Kier alpha value is -1.28. The molecule has 0 aliphatic rings. The van der Waals surface area contributed by atoms with Gasteiger partial charge in [-0.2, -0.15) is 0 Å². The van der Waals surface area contributed by atoms with Crippen LogP contribution in [0.15, 0.2) is 30.5 Å². The van der Waals surface area contributed by atoms with Gasteiger partial charge in [-0.1, -0.05) is 32.9 Å². The summed E-state index contributed by atoms with van der Waals surface area (Å²) in [5.41, 5.74) is 8.68. The van der Waals surface area contributed by atoms with Crippen molar-refractivity contribution in [2.75, 3.05) is 6.54 Å². The van der Waals surface area contributed by atoms with E-state index < -0.39 is 0 Å². The van der Waals surface area contributed by atoms with Crippen LogP contribution in [0.3, 0.4) is 0 Å². The summed E-state index contributed by atoms with van der Waals surface area (Å²) >= 11 is 0. The molecule has 2 rings (SSSR count). The molecule has 0 saturated heterocycles. The van der Waals surface area contributed by atoms with Gasteiger partial charge in [0.2, 0.25) is 0 Å². The Balaban J connectivity index is 2.25. The third-order valence-electron chi connectivity index (χ3n) is 3.37. The minimum Gasteiger partial charge on any atom is -0.347 e. The highest BCUT2D eigenvalue weighted by Crippen LogP contribution is 2.23. The van der Waals surface area contributed by atoms with Crippen LogP contribution >= 0.6 is 0 Å². The normalized spacial score (nSPS) is 12.2. The molecule has 2 nitrogen and oxygen atoms in total. The van der Waals surface area contributed by atoms with Crippen LogP contribution in [0.25, 0.3) is 10.9 Å². The van der Waals surface area contributed by atoms with E-state index in [9.17, 15) is 0 Å². The van der Waals surface area contributed by atoms with Crippen LogP contribution in [-0.2, 0) is 13.0 Å². The van der Waals surface area contributed by atoms with Gasteiger partial charge in [-0.05, 0) is 47.9 Å². The van der Waals surface area contributed by atoms with E-state index in [-0.39, 0.29) is 0 Å². The molecule has 1 heterocycles. The van der Waals surface area contributed by atoms with Crippen molar-refractivity contribution in [3.05, 3.63) is 36.0 Å². The minimum absolute atomic E-state index is 0.380. The summed E-state index contributed by atoms with van der Waals surface area (Å²) < 4.78 is 2.36. The summed E-state index contributed by atoms with van der Waals surface area (Å²) in [6.45, 7) is 8.67. The molecule has 98 valence electrons. The van der Waals surface area contributed by atoms with Gasteiger partial charge in [-0.15, -0.1) is 0 Å². The molecular formula is C16H24N2. The van der Waals surface area contributed by atoms with Crippen molar-refractivity contribution in [3.63, 3.8) is 0 Å². The molecule has 0 bridgehead atoms. The number of rotatable bonds is 4. The van der Waals surface area contributed by atoms with Gasteiger partial charge in [-0.25, -0.2) is 0 Å². The highest BCUT2D eigenvalue weighted by molar-refractivity contribution is 5.80. The minimum atomic E-state index is 0.380. The van der Waals surface area contributed by atoms with Gasteiger partial charge in [0.1, 0.15) is 0 Å². The van der Waals surface area contributed by atoms with E-state index in [1.165, 1.54) is 22.9 Å². The number of aryl methyl sites for hydroxylation is 1. The van der Waals surface area contributed by atoms with Crippen LogP contribution in [0.1, 0.15) is 32.8 Å². The monoisotopic (exact) mass is 244 g/mol. The van der Waals surface area contributed by atoms with Crippen molar-refractivity contribution in [2.45, 2.75) is 40.2 Å². The Morgan fingerprint density at radius 2 is 1.94 bits per heavy atom. The molecule has 0 amide bonds. The Morgan fingerprint density at radius 1 is 1.17 bits per heavy atom. The number of hydrogen-bond donors (Lipinski definition) is 1. The predicted octanol–water partition coefficient (Wildman–Crippen LogP) is 3.58. The fraction of sp³-hybridized carbons (Fsp3) is 0.500. The first-order valence-corrected chi connectivity index (χ1v) is 6.77. The number of benzene rings is 1. The highest BCUT2D eigenvalue weighted by atomic mass is 14.9. The zero-order valence-corrected chi connectivity index (χ0v) is 11.7. The number of aromatic nitrogens is 1. The number of hydrogen-bond acceptors (Lipinski definition) is 1. The molecule has 1 aromatic carbocycles. The average Bonchev–Trinajstić information content (AvgIpc) is 2.68. The first kappa shape index (κ1) is 13.2. The third-order valence-corrected chi connectivity index (χ3v) is 3.37. The second-order valence-electron chi connectivity index (χ2n) is 6.25. The first-order chi connectivity index (χ1) is 8.49. The zero-order valence-electron chi connectivity index (χ0n) is 11.7. The van der Waals surface area contributed by atoms with Crippen molar-refractivity contribution in [3.8, 4) is 0 Å². The van der Waals surface area contributed by atoms with E-state index in [4.69, 9.17) is 5.73 Å². The van der Waals surface area contributed by atoms with Crippen LogP contribution in [0.5, 0.6) is 0 Å². The molecule has 0 radical (unpaired) electrons. The molecule has 0 aliphatic carbocycles. The summed E-state index contributed by atoms with van der Waals surface area (Å²) in [5, 5.41) is 1.32. The molecule has 18 heavy (non-hydrogen) atoms. The van der Waals surface area contributed by atoms with Crippen molar-refractivity contribution >= 4 is 10.9 Å². The van der Waals surface area contributed by atoms with Crippen molar-refractivity contribution in [1.29, 1.82) is 0 Å². The maximum absolute atomic E-state index is 5.63. The van der Waals surface area contributed by atoms with Crippen molar-refractivity contribution in [1.82, 2.24) is 4.57 Å². The Morgan fingerprint density at radius 3 is 2.61 bits per heavy atom. The maximum atomic E-state index is 5.63. The lowest BCUT2D eigenvalue weighted by Crippen LogP contribution is -2.09. The molecule has 0 fully saturated rings. The molecule has 2 aromatic rings. The van der Waals surface area contributed by atoms with Crippen LogP contribution in [0, 0.1) is 5.41 Å². The second kappa shape index (κ2) is 5.15. The third kappa shape index (κ3) is 3.14. The van der Waals surface area contributed by atoms with E-state index in [1.54, 1.807) is 0 Å². The van der Waals surface area contributed by atoms with Gasteiger partial charge in [0.15, 0.2) is 0 Å². The van der Waals surface area contributed by atoms with Crippen molar-refractivity contribution < 1.29 is 0 Å². The summed E-state index contributed by atoms with van der Waals surface area (Å²) in [4.78, 5) is 0. The van der Waals surface area contributed by atoms with E-state index in [0.29, 0.717) is 12.0 Å². The van der Waals surface area contributed by atoms with Crippen LogP contribution < -0.4 is 5.73 Å². The van der Waals surface area contributed by atoms with Crippen LogP contribution in [-0.4, -0.2) is 11.1 Å². The fourth-order valence-electron chi connectivity index (χ4n) is 2.20. The van der Waals surface area contributed by atoms with Gasteiger partial charge in [-0.3, -0.25) is 0 Å². The highest BCUT2D eigenvalue weighted by Gasteiger charge is 2.11. The van der Waals surface area contributed by atoms with Gasteiger partial charge in [0.25, 0.3) is 0 Å². The van der Waals surface area contributed by atoms with Gasteiger partial charge in [0, 0.05) is 18.3 Å². The van der Waals surface area contributed by atoms with Gasteiger partial charge in [0.05, 0.1) is 0 Å². The SMILES string of the molecule is CC(C)(C)CCn1ccc2ccc(CCN)cc21. The quantitative estimate of drug-likeness (QED) is 0.875. The van der Waals surface area contributed by atoms with E-state index in [0.717, 1.165) is 13.0 Å². The largest absolute Gasteiger partial charge is 0.347 e. The molecule has 0 unspecified atom stereocenters. The second-order valence-corrected chi connectivity index (χ2v) is 6.25. The first-order valence-electron chi connectivity index (χ1n) is 6.77. The van der Waals surface area contributed by atoms with E-state index in [1.807, 2.05) is 0 Å². The predicted molar refractivity (Wildman–Crippen MR) is 78.8 cm³/mol. The van der Waals surface area contributed by atoms with Crippen LogP contribution in [0.2, 0.25) is 0 Å². The summed E-state index contributed by atoms with van der Waals surface area (Å²) in [7, 11) is 0. The molecule has 1 aromatic heterocycles. The van der Waals surface area contributed by atoms with Crippen molar-refractivity contribution in [2.24, 2.45) is 11.1 Å². The summed E-state index contributed by atoms with van der Waals surface area (Å²) in [6, 6.07) is 8.87. The Labute approximate surface area is 110 Å². The number of nitrogens with zero attached hydrogens (tertiary/aromatic N) is 1.